The Morgan fingerprint density at radius 3 is 2.56 bits per heavy atom. The highest BCUT2D eigenvalue weighted by atomic mass is 16.6. The van der Waals surface area contributed by atoms with Crippen LogP contribution in [0.4, 0.5) is 16.6 Å². The van der Waals surface area contributed by atoms with Crippen molar-refractivity contribution in [1.82, 2.24) is 30.0 Å². The maximum Gasteiger partial charge on any atom is 0.410 e. The third-order valence-corrected chi connectivity index (χ3v) is 6.78. The molecule has 0 spiro atoms. The van der Waals surface area contributed by atoms with E-state index in [2.05, 4.69) is 32.2 Å². The first-order valence-electron chi connectivity index (χ1n) is 13.1. The Labute approximate surface area is 213 Å². The van der Waals surface area contributed by atoms with E-state index in [0.717, 1.165) is 63.5 Å². The predicted octanol–water partition coefficient (Wildman–Crippen LogP) is 3.57. The van der Waals surface area contributed by atoms with Crippen molar-refractivity contribution < 1.29 is 13.9 Å². The van der Waals surface area contributed by atoms with Gasteiger partial charge in [0.05, 0.1) is 11.9 Å². The van der Waals surface area contributed by atoms with Gasteiger partial charge in [-0.25, -0.2) is 14.8 Å². The summed E-state index contributed by atoms with van der Waals surface area (Å²) in [6.07, 6.45) is 4.52. The lowest BCUT2D eigenvalue weighted by molar-refractivity contribution is 0.00944. The summed E-state index contributed by atoms with van der Waals surface area (Å²) in [6.45, 7) is 16.9. The summed E-state index contributed by atoms with van der Waals surface area (Å²) in [5, 5.41) is 11.1. The fraction of sp³-hybridized carbons (Fsp3) is 0.720. The molecule has 1 N–H and O–H groups in total. The summed E-state index contributed by atoms with van der Waals surface area (Å²) in [6, 6.07) is 1.29. The topological polar surface area (TPSA) is 113 Å². The maximum absolute atomic E-state index is 12.4. The number of amides is 1. The van der Waals surface area contributed by atoms with Crippen LogP contribution in [-0.4, -0.2) is 93.0 Å². The highest BCUT2D eigenvalue weighted by molar-refractivity contribution is 5.68. The maximum atomic E-state index is 12.4. The second-order valence-corrected chi connectivity index (χ2v) is 10.6. The number of piperazine rings is 1. The van der Waals surface area contributed by atoms with Crippen LogP contribution in [0.5, 0.6) is 0 Å². The van der Waals surface area contributed by atoms with Crippen molar-refractivity contribution in [3.8, 4) is 11.6 Å². The van der Waals surface area contributed by atoms with Gasteiger partial charge in [0, 0.05) is 51.4 Å². The number of aryl methyl sites for hydroxylation is 1. The lowest BCUT2D eigenvalue weighted by atomic mass is 9.98. The molecule has 0 unspecified atom stereocenters. The van der Waals surface area contributed by atoms with Crippen LogP contribution in [0.3, 0.4) is 0 Å². The van der Waals surface area contributed by atoms with Crippen LogP contribution in [0, 0.1) is 6.92 Å². The van der Waals surface area contributed by atoms with E-state index in [0.29, 0.717) is 36.2 Å². The van der Waals surface area contributed by atoms with E-state index in [9.17, 15) is 4.79 Å². The molecule has 0 bridgehead atoms. The Kier molecular flexibility index (Phi) is 7.97. The molecule has 2 aliphatic heterocycles. The van der Waals surface area contributed by atoms with E-state index in [-0.39, 0.29) is 6.09 Å². The van der Waals surface area contributed by atoms with Crippen molar-refractivity contribution in [2.75, 3.05) is 49.5 Å². The van der Waals surface area contributed by atoms with Gasteiger partial charge >= 0.3 is 12.1 Å². The lowest BCUT2D eigenvalue weighted by Crippen LogP contribution is -2.59. The van der Waals surface area contributed by atoms with E-state index in [1.54, 1.807) is 6.20 Å². The molecule has 1 atom stereocenters. The van der Waals surface area contributed by atoms with Gasteiger partial charge in [0.15, 0.2) is 0 Å². The largest absolute Gasteiger partial charge is 0.444 e. The van der Waals surface area contributed by atoms with Gasteiger partial charge in [-0.05, 0) is 53.9 Å². The SMILES string of the molecule is CCNc1nnc(-c2cnc(N3CCN(C4CCN(C(=O)OC(C)(C)C)CC4)[C@@H](CC)C3)c(C)n2)o1. The zero-order valence-corrected chi connectivity index (χ0v) is 22.5. The average molecular weight is 501 g/mol. The molecule has 11 nitrogen and oxygen atoms in total. The van der Waals surface area contributed by atoms with Gasteiger partial charge in [0.1, 0.15) is 17.1 Å². The minimum atomic E-state index is -0.461. The molecule has 2 aromatic rings. The number of hydrogen-bond acceptors (Lipinski definition) is 10. The van der Waals surface area contributed by atoms with Gasteiger partial charge < -0.3 is 24.3 Å². The number of ether oxygens (including phenoxy) is 1. The molecular formula is C25H40N8O3. The molecule has 2 saturated heterocycles. The molecule has 0 aliphatic carbocycles. The first-order chi connectivity index (χ1) is 17.2. The molecule has 36 heavy (non-hydrogen) atoms. The van der Waals surface area contributed by atoms with Gasteiger partial charge in [0.2, 0.25) is 0 Å². The minimum Gasteiger partial charge on any atom is -0.444 e. The first kappa shape index (κ1) is 26.1. The van der Waals surface area contributed by atoms with Gasteiger partial charge in [-0.3, -0.25) is 4.90 Å². The van der Waals surface area contributed by atoms with Gasteiger partial charge in [-0.15, -0.1) is 5.10 Å². The highest BCUT2D eigenvalue weighted by Gasteiger charge is 2.35. The number of nitrogens with zero attached hydrogens (tertiary/aromatic N) is 7. The fourth-order valence-corrected chi connectivity index (χ4v) is 5.05. The number of carbonyl (C=O) groups is 1. The molecule has 2 aliphatic rings. The second kappa shape index (κ2) is 11.0. The highest BCUT2D eigenvalue weighted by Crippen LogP contribution is 2.28. The van der Waals surface area contributed by atoms with E-state index in [4.69, 9.17) is 19.1 Å². The Morgan fingerprint density at radius 1 is 1.17 bits per heavy atom. The molecule has 1 amide bonds. The van der Waals surface area contributed by atoms with Crippen LogP contribution < -0.4 is 10.2 Å². The Balaban J connectivity index is 1.36. The molecule has 0 aromatic carbocycles. The van der Waals surface area contributed by atoms with E-state index in [1.807, 2.05) is 39.5 Å². The quantitative estimate of drug-likeness (QED) is 0.631. The number of nitrogens with one attached hydrogen (secondary N) is 1. The Bertz CT molecular complexity index is 1030. The zero-order chi connectivity index (χ0) is 25.9. The number of rotatable bonds is 6. The first-order valence-corrected chi connectivity index (χ1v) is 13.1. The average Bonchev–Trinajstić information content (AvgIpc) is 3.31. The van der Waals surface area contributed by atoms with Crippen molar-refractivity contribution >= 4 is 17.9 Å². The van der Waals surface area contributed by atoms with Crippen molar-refractivity contribution in [3.05, 3.63) is 11.9 Å². The van der Waals surface area contributed by atoms with Gasteiger partial charge in [0.25, 0.3) is 5.89 Å². The van der Waals surface area contributed by atoms with Crippen LogP contribution in [0.1, 0.15) is 59.6 Å². The van der Waals surface area contributed by atoms with Crippen molar-refractivity contribution in [3.63, 3.8) is 0 Å². The van der Waals surface area contributed by atoms with Crippen LogP contribution in [0.15, 0.2) is 10.6 Å². The minimum absolute atomic E-state index is 0.200. The van der Waals surface area contributed by atoms with Crippen molar-refractivity contribution in [1.29, 1.82) is 0 Å². The van der Waals surface area contributed by atoms with Crippen LogP contribution in [0.2, 0.25) is 0 Å². The van der Waals surface area contributed by atoms with Crippen LogP contribution in [0.25, 0.3) is 11.6 Å². The summed E-state index contributed by atoms with van der Waals surface area (Å²) in [5.74, 6) is 1.27. The molecule has 4 heterocycles. The number of carbonyl (C=O) groups excluding carboxylic acids is 1. The summed E-state index contributed by atoms with van der Waals surface area (Å²) in [7, 11) is 0. The Hall–Kier alpha value is -2.95. The lowest BCUT2D eigenvalue weighted by Gasteiger charge is -2.47. The van der Waals surface area contributed by atoms with E-state index in [1.165, 1.54) is 0 Å². The molecule has 0 radical (unpaired) electrons. The molecule has 2 aromatic heterocycles. The van der Waals surface area contributed by atoms with Gasteiger partial charge in [-0.2, -0.15) is 0 Å². The Morgan fingerprint density at radius 2 is 1.92 bits per heavy atom. The third kappa shape index (κ3) is 6.05. The molecule has 0 saturated carbocycles. The summed E-state index contributed by atoms with van der Waals surface area (Å²) in [4.78, 5) is 28.7. The van der Waals surface area contributed by atoms with Crippen molar-refractivity contribution in [2.45, 2.75) is 78.5 Å². The predicted molar refractivity (Wildman–Crippen MR) is 138 cm³/mol. The monoisotopic (exact) mass is 500 g/mol. The van der Waals surface area contributed by atoms with Crippen molar-refractivity contribution in [2.24, 2.45) is 0 Å². The molecular weight excluding hydrogens is 460 g/mol. The van der Waals surface area contributed by atoms with Crippen LogP contribution >= 0.6 is 0 Å². The number of likely N-dealkylation sites (tertiary alicyclic amines) is 1. The summed E-state index contributed by atoms with van der Waals surface area (Å²) >= 11 is 0. The number of anilines is 2. The molecule has 198 valence electrons. The third-order valence-electron chi connectivity index (χ3n) is 6.78. The number of piperidine rings is 1. The zero-order valence-electron chi connectivity index (χ0n) is 22.5. The molecule has 11 heteroatoms. The normalized spacial score (nSPS) is 20.0. The summed E-state index contributed by atoms with van der Waals surface area (Å²) < 4.78 is 11.2. The summed E-state index contributed by atoms with van der Waals surface area (Å²) in [5.41, 5.74) is 0.970. The molecule has 4 rings (SSSR count). The fourth-order valence-electron chi connectivity index (χ4n) is 5.05. The smallest absolute Gasteiger partial charge is 0.410 e. The second-order valence-electron chi connectivity index (χ2n) is 10.6. The van der Waals surface area contributed by atoms with Crippen LogP contribution in [-0.2, 0) is 4.74 Å². The number of aromatic nitrogens is 4. The standard InChI is InChI=1S/C25H40N8O3/c1-7-18-16-32(21-17(3)28-20(15-27-21)22-29-30-23(35-22)26-8-2)13-14-33(18)19-9-11-31(12-10-19)24(34)36-25(4,5)6/h15,18-19H,7-14,16H2,1-6H3,(H,26,30)/t18-/m0/s1. The van der Waals surface area contributed by atoms with Gasteiger partial charge in [-0.1, -0.05) is 12.0 Å². The molecule has 2 fully saturated rings. The van der Waals surface area contributed by atoms with E-state index < -0.39 is 5.60 Å². The van der Waals surface area contributed by atoms with E-state index >= 15 is 0 Å². The number of hydrogen-bond donors (Lipinski definition) is 1.